The van der Waals surface area contributed by atoms with E-state index in [0.717, 1.165) is 29.2 Å². The highest BCUT2D eigenvalue weighted by Gasteiger charge is 2.21. The highest BCUT2D eigenvalue weighted by molar-refractivity contribution is 5.71. The van der Waals surface area contributed by atoms with Crippen LogP contribution >= 0.6 is 0 Å². The molecule has 1 saturated heterocycles. The molecule has 3 heterocycles. The molecule has 0 saturated carbocycles. The lowest BCUT2D eigenvalue weighted by Crippen LogP contribution is -2.32. The van der Waals surface area contributed by atoms with Crippen LogP contribution in [0.15, 0.2) is 36.7 Å². The number of nitrogens with zero attached hydrogens (tertiary/aromatic N) is 4. The van der Waals surface area contributed by atoms with Crippen molar-refractivity contribution in [1.82, 2.24) is 25.1 Å². The number of methoxy groups -OCH3 is 1. The number of benzene rings is 1. The van der Waals surface area contributed by atoms with Crippen LogP contribution in [0, 0.1) is 6.92 Å². The number of likely N-dealkylation sites (tertiary alicyclic amines) is 1. The van der Waals surface area contributed by atoms with Crippen LogP contribution in [0.4, 0.5) is 11.6 Å². The van der Waals surface area contributed by atoms with E-state index in [1.165, 1.54) is 31.5 Å². The van der Waals surface area contributed by atoms with Gasteiger partial charge in [0, 0.05) is 11.6 Å². The van der Waals surface area contributed by atoms with Crippen LogP contribution in [-0.4, -0.2) is 51.8 Å². The quantitative estimate of drug-likeness (QED) is 0.657. The molecule has 4 rings (SSSR count). The Hall–Kier alpha value is -2.93. The van der Waals surface area contributed by atoms with Crippen molar-refractivity contribution in [2.75, 3.05) is 32.1 Å². The minimum absolute atomic E-state index is 0.597. The monoisotopic (exact) mass is 392 g/mol. The number of aromatic amines is 1. The van der Waals surface area contributed by atoms with E-state index in [2.05, 4.69) is 55.5 Å². The summed E-state index contributed by atoms with van der Waals surface area (Å²) in [5.74, 6) is 2.82. The molecule has 2 N–H and O–H groups in total. The first-order valence-electron chi connectivity index (χ1n) is 10.2. The van der Waals surface area contributed by atoms with E-state index in [1.54, 1.807) is 19.5 Å². The summed E-state index contributed by atoms with van der Waals surface area (Å²) in [5, 5.41) is 10.6. The Balaban J connectivity index is 1.51. The summed E-state index contributed by atoms with van der Waals surface area (Å²) in [6.07, 6.45) is 5.82. The number of anilines is 2. The molecular formula is C22H28N6O. The molecule has 1 fully saturated rings. The molecule has 7 nitrogen and oxygen atoms in total. The van der Waals surface area contributed by atoms with Gasteiger partial charge in [0.2, 0.25) is 0 Å². The van der Waals surface area contributed by atoms with Crippen LogP contribution < -0.4 is 10.1 Å². The number of ether oxygens (including phenoxy) is 1. The summed E-state index contributed by atoms with van der Waals surface area (Å²) in [6.45, 7) is 7.62. The smallest absolute Gasteiger partial charge is 0.153 e. The Morgan fingerprint density at radius 2 is 1.97 bits per heavy atom. The number of hydrogen-bond donors (Lipinski definition) is 2. The number of H-pyrrole nitrogens is 1. The molecule has 152 valence electrons. The van der Waals surface area contributed by atoms with Gasteiger partial charge in [0.05, 0.1) is 30.9 Å². The van der Waals surface area contributed by atoms with Gasteiger partial charge in [-0.3, -0.25) is 10.1 Å². The Kier molecular flexibility index (Phi) is 5.76. The number of aryl methyl sites for hydroxylation is 1. The van der Waals surface area contributed by atoms with Crippen molar-refractivity contribution in [3.8, 4) is 17.0 Å². The van der Waals surface area contributed by atoms with Gasteiger partial charge >= 0.3 is 0 Å². The minimum Gasteiger partial charge on any atom is -0.496 e. The standard InChI is InChI=1S/C22H28N6O/c1-4-28-9-7-16(8-10-28)17-5-6-18(20(11-17)29-3)19-12-21(27-26-19)25-22-14-23-15(2)13-24-22/h5-6,11-14,16H,4,7-10H2,1-3H3,(H2,24,25,26,27). The van der Waals surface area contributed by atoms with Gasteiger partial charge in [-0.2, -0.15) is 5.10 Å². The topological polar surface area (TPSA) is 79.0 Å². The number of piperidine rings is 1. The van der Waals surface area contributed by atoms with Crippen molar-refractivity contribution in [3.63, 3.8) is 0 Å². The van der Waals surface area contributed by atoms with Crippen molar-refractivity contribution in [2.24, 2.45) is 0 Å². The Morgan fingerprint density at radius 1 is 1.14 bits per heavy atom. The van der Waals surface area contributed by atoms with E-state index < -0.39 is 0 Å². The molecule has 0 radical (unpaired) electrons. The zero-order valence-corrected chi connectivity index (χ0v) is 17.3. The lowest BCUT2D eigenvalue weighted by atomic mass is 9.88. The number of hydrogen-bond acceptors (Lipinski definition) is 6. The number of nitrogens with one attached hydrogen (secondary N) is 2. The molecule has 2 aromatic heterocycles. The summed E-state index contributed by atoms with van der Waals surface area (Å²) in [5.41, 5.74) is 4.13. The maximum atomic E-state index is 5.71. The van der Waals surface area contributed by atoms with Crippen molar-refractivity contribution >= 4 is 11.6 Å². The molecule has 1 aromatic carbocycles. The fraction of sp³-hybridized carbons (Fsp3) is 0.409. The van der Waals surface area contributed by atoms with E-state index in [4.69, 9.17) is 4.74 Å². The second-order valence-corrected chi connectivity index (χ2v) is 7.50. The highest BCUT2D eigenvalue weighted by atomic mass is 16.5. The second kappa shape index (κ2) is 8.61. The van der Waals surface area contributed by atoms with Gasteiger partial charge in [-0.15, -0.1) is 0 Å². The molecule has 1 aliphatic heterocycles. The zero-order valence-electron chi connectivity index (χ0n) is 17.3. The Bertz CT molecular complexity index is 944. The van der Waals surface area contributed by atoms with Crippen LogP contribution in [0.5, 0.6) is 5.75 Å². The zero-order chi connectivity index (χ0) is 20.2. The Labute approximate surface area is 171 Å². The van der Waals surface area contributed by atoms with Gasteiger partial charge in [0.1, 0.15) is 11.6 Å². The average Bonchev–Trinajstić information content (AvgIpc) is 3.23. The number of aromatic nitrogens is 4. The van der Waals surface area contributed by atoms with Crippen LogP contribution in [-0.2, 0) is 0 Å². The summed E-state index contributed by atoms with van der Waals surface area (Å²) >= 11 is 0. The molecule has 0 unspecified atom stereocenters. The number of rotatable bonds is 6. The first kappa shape index (κ1) is 19.4. The van der Waals surface area contributed by atoms with Gasteiger partial charge in [0.25, 0.3) is 0 Å². The van der Waals surface area contributed by atoms with Crippen LogP contribution in [0.25, 0.3) is 11.3 Å². The van der Waals surface area contributed by atoms with Crippen molar-refractivity contribution in [2.45, 2.75) is 32.6 Å². The van der Waals surface area contributed by atoms with Crippen molar-refractivity contribution < 1.29 is 4.74 Å². The fourth-order valence-corrected chi connectivity index (χ4v) is 3.88. The van der Waals surface area contributed by atoms with Gasteiger partial charge in [-0.25, -0.2) is 4.98 Å². The Morgan fingerprint density at radius 3 is 2.66 bits per heavy atom. The predicted octanol–water partition coefficient (Wildman–Crippen LogP) is 4.13. The van der Waals surface area contributed by atoms with E-state index in [9.17, 15) is 0 Å². The fourth-order valence-electron chi connectivity index (χ4n) is 3.88. The minimum atomic E-state index is 0.597. The third-order valence-corrected chi connectivity index (χ3v) is 5.64. The maximum Gasteiger partial charge on any atom is 0.153 e. The summed E-state index contributed by atoms with van der Waals surface area (Å²) in [7, 11) is 1.72. The largest absolute Gasteiger partial charge is 0.496 e. The predicted molar refractivity (Wildman–Crippen MR) is 115 cm³/mol. The van der Waals surface area contributed by atoms with Gasteiger partial charge < -0.3 is 15.0 Å². The molecular weight excluding hydrogens is 364 g/mol. The van der Waals surface area contributed by atoms with E-state index >= 15 is 0 Å². The lowest BCUT2D eigenvalue weighted by molar-refractivity contribution is 0.222. The molecule has 0 spiro atoms. The molecule has 29 heavy (non-hydrogen) atoms. The van der Waals surface area contributed by atoms with Gasteiger partial charge in [0.15, 0.2) is 5.82 Å². The molecule has 0 bridgehead atoms. The van der Waals surface area contributed by atoms with Gasteiger partial charge in [-0.1, -0.05) is 13.0 Å². The van der Waals surface area contributed by atoms with E-state index in [1.807, 2.05) is 13.0 Å². The van der Waals surface area contributed by atoms with Crippen molar-refractivity contribution in [1.29, 1.82) is 0 Å². The summed E-state index contributed by atoms with van der Waals surface area (Å²) < 4.78 is 5.71. The van der Waals surface area contributed by atoms with E-state index in [-0.39, 0.29) is 0 Å². The first-order chi connectivity index (χ1) is 14.2. The van der Waals surface area contributed by atoms with Crippen LogP contribution in [0.2, 0.25) is 0 Å². The van der Waals surface area contributed by atoms with Gasteiger partial charge in [-0.05, 0) is 63.0 Å². The van der Waals surface area contributed by atoms with Crippen LogP contribution in [0.3, 0.4) is 0 Å². The lowest BCUT2D eigenvalue weighted by Gasteiger charge is -2.31. The molecule has 0 atom stereocenters. The maximum absolute atomic E-state index is 5.71. The van der Waals surface area contributed by atoms with E-state index in [0.29, 0.717) is 17.6 Å². The summed E-state index contributed by atoms with van der Waals surface area (Å²) in [4.78, 5) is 11.1. The highest BCUT2D eigenvalue weighted by Crippen LogP contribution is 2.36. The van der Waals surface area contributed by atoms with Crippen LogP contribution in [0.1, 0.15) is 36.9 Å². The molecule has 3 aromatic rings. The second-order valence-electron chi connectivity index (χ2n) is 7.50. The van der Waals surface area contributed by atoms with Crippen molar-refractivity contribution in [3.05, 3.63) is 47.9 Å². The summed E-state index contributed by atoms with van der Waals surface area (Å²) in [6, 6.07) is 8.49. The average molecular weight is 393 g/mol. The molecule has 1 aliphatic rings. The third kappa shape index (κ3) is 4.40. The molecule has 7 heteroatoms. The normalized spacial score (nSPS) is 15.4. The first-order valence-corrected chi connectivity index (χ1v) is 10.2. The molecule has 0 amide bonds. The molecule has 0 aliphatic carbocycles. The third-order valence-electron chi connectivity index (χ3n) is 5.64. The SMILES string of the molecule is CCN1CCC(c2ccc(-c3cc(Nc4cnc(C)cn4)n[nH]3)c(OC)c2)CC1.